The average molecular weight is 387 g/mol. The molecule has 3 nitrogen and oxygen atoms in total. The fourth-order valence-corrected chi connectivity index (χ4v) is 2.39. The number of nitrogens with two attached hydrogens (primary N) is 1. The zero-order chi connectivity index (χ0) is 15.4. The van der Waals surface area contributed by atoms with E-state index in [1.165, 1.54) is 0 Å². The van der Waals surface area contributed by atoms with Crippen molar-refractivity contribution in [1.29, 1.82) is 0 Å². The number of benzene rings is 2. The fraction of sp³-hybridized carbons (Fsp3) is 0.133. The third kappa shape index (κ3) is 4.09. The summed E-state index contributed by atoms with van der Waals surface area (Å²) in [6.45, 7) is 0.385. The van der Waals surface area contributed by atoms with Gasteiger partial charge in [0.05, 0.1) is 12.1 Å². The summed E-state index contributed by atoms with van der Waals surface area (Å²) in [4.78, 5) is 0.259. The molecular weight excluding hydrogens is 374 g/mol. The first-order valence-corrected chi connectivity index (χ1v) is 7.63. The number of hydrogen-bond donors (Lipinski definition) is 1. The molecule has 0 aliphatic heterocycles. The van der Waals surface area contributed by atoms with Gasteiger partial charge < -0.3 is 15.2 Å². The highest BCUT2D eigenvalue weighted by Crippen LogP contribution is 2.37. The van der Waals surface area contributed by atoms with Crippen molar-refractivity contribution in [3.63, 3.8) is 0 Å². The average Bonchev–Trinajstić information content (AvgIpc) is 2.46. The lowest BCUT2D eigenvalue weighted by Crippen LogP contribution is -2.10. The molecule has 21 heavy (non-hydrogen) atoms. The van der Waals surface area contributed by atoms with E-state index in [9.17, 15) is 0 Å². The van der Waals surface area contributed by atoms with E-state index in [0.29, 0.717) is 28.7 Å². The highest BCUT2D eigenvalue weighted by molar-refractivity contribution is 9.10. The maximum absolute atomic E-state index is 6.22. The molecule has 2 rings (SSSR count). The van der Waals surface area contributed by atoms with Crippen LogP contribution in [0.1, 0.15) is 11.1 Å². The van der Waals surface area contributed by atoms with Gasteiger partial charge in [-0.1, -0.05) is 51.9 Å². The molecule has 0 aliphatic rings. The molecule has 2 N–H and O–H groups in total. The van der Waals surface area contributed by atoms with E-state index in [1.54, 1.807) is 19.2 Å². The summed E-state index contributed by atoms with van der Waals surface area (Å²) in [7, 11) is 1.54. The molecule has 0 aromatic heterocycles. The third-order valence-corrected chi connectivity index (χ3v) is 3.86. The molecule has 0 radical (unpaired) electrons. The normalized spacial score (nSPS) is 10.2. The van der Waals surface area contributed by atoms with Crippen LogP contribution in [0.5, 0.6) is 11.5 Å². The molecule has 110 valence electrons. The van der Waals surface area contributed by atoms with Gasteiger partial charge >= 0.3 is 0 Å². The molecule has 0 aliphatic carbocycles. The van der Waals surface area contributed by atoms with Gasteiger partial charge in [-0.05, 0) is 29.8 Å². The van der Waals surface area contributed by atoms with E-state index in [-0.39, 0.29) is 4.99 Å². The van der Waals surface area contributed by atoms with Crippen LogP contribution in [0, 0.1) is 0 Å². The summed E-state index contributed by atoms with van der Waals surface area (Å²) < 4.78 is 12.1. The monoisotopic (exact) mass is 385 g/mol. The lowest BCUT2D eigenvalue weighted by Gasteiger charge is -2.14. The van der Waals surface area contributed by atoms with Gasteiger partial charge in [0.2, 0.25) is 0 Å². The number of hydrogen-bond acceptors (Lipinski definition) is 3. The molecule has 2 aromatic rings. The Morgan fingerprint density at radius 1 is 1.29 bits per heavy atom. The Labute approximate surface area is 142 Å². The summed E-state index contributed by atoms with van der Waals surface area (Å²) >= 11 is 14.6. The van der Waals surface area contributed by atoms with E-state index >= 15 is 0 Å². The summed E-state index contributed by atoms with van der Waals surface area (Å²) in [6, 6.07) is 11.2. The topological polar surface area (TPSA) is 44.5 Å². The number of methoxy groups -OCH3 is 1. The van der Waals surface area contributed by atoms with E-state index in [0.717, 1.165) is 10.0 Å². The lowest BCUT2D eigenvalue weighted by molar-refractivity contribution is 0.284. The molecule has 0 unspecified atom stereocenters. The third-order valence-electron chi connectivity index (χ3n) is 2.81. The van der Waals surface area contributed by atoms with Crippen LogP contribution in [-0.4, -0.2) is 12.1 Å². The minimum atomic E-state index is 0.259. The number of ether oxygens (including phenoxy) is 2. The molecule has 0 amide bonds. The van der Waals surface area contributed by atoms with Gasteiger partial charge in [0.25, 0.3) is 0 Å². The molecule has 2 aromatic carbocycles. The fourth-order valence-electron chi connectivity index (χ4n) is 1.74. The van der Waals surface area contributed by atoms with E-state index in [2.05, 4.69) is 15.9 Å². The second-order valence-corrected chi connectivity index (χ2v) is 6.03. The molecule has 0 bridgehead atoms. The van der Waals surface area contributed by atoms with Crippen molar-refractivity contribution in [2.24, 2.45) is 5.73 Å². The Hall–Kier alpha value is -1.30. The van der Waals surface area contributed by atoms with Crippen LogP contribution in [0.15, 0.2) is 40.9 Å². The standard InChI is InChI=1S/C15H13BrClNO2S/c1-19-13-7-10(15(18)21)6-12(17)14(13)20-8-9-2-4-11(16)5-3-9/h2-7H,8H2,1H3,(H2,18,21). The van der Waals surface area contributed by atoms with Crippen molar-refractivity contribution in [3.05, 3.63) is 57.0 Å². The first-order valence-electron chi connectivity index (χ1n) is 6.06. The second kappa shape index (κ2) is 7.11. The Bertz CT molecular complexity index is 661. The summed E-state index contributed by atoms with van der Waals surface area (Å²) in [5.74, 6) is 0.976. The van der Waals surface area contributed by atoms with Crippen LogP contribution in [0.2, 0.25) is 5.02 Å². The van der Waals surface area contributed by atoms with Crippen LogP contribution < -0.4 is 15.2 Å². The van der Waals surface area contributed by atoms with Gasteiger partial charge in [0, 0.05) is 10.0 Å². The summed E-state index contributed by atoms with van der Waals surface area (Å²) in [5.41, 5.74) is 7.27. The van der Waals surface area contributed by atoms with Crippen LogP contribution in [0.4, 0.5) is 0 Å². The Balaban J connectivity index is 2.23. The lowest BCUT2D eigenvalue weighted by atomic mass is 10.2. The van der Waals surface area contributed by atoms with Crippen LogP contribution in [0.3, 0.4) is 0 Å². The minimum Gasteiger partial charge on any atom is -0.493 e. The molecule has 0 saturated carbocycles. The summed E-state index contributed by atoms with van der Waals surface area (Å²) in [5, 5.41) is 0.411. The van der Waals surface area contributed by atoms with Crippen molar-refractivity contribution < 1.29 is 9.47 Å². The first-order chi connectivity index (χ1) is 10.0. The molecule has 0 atom stereocenters. The van der Waals surface area contributed by atoms with Gasteiger partial charge in [-0.2, -0.15) is 0 Å². The highest BCUT2D eigenvalue weighted by atomic mass is 79.9. The smallest absolute Gasteiger partial charge is 0.180 e. The minimum absolute atomic E-state index is 0.259. The van der Waals surface area contributed by atoms with Crippen LogP contribution in [0.25, 0.3) is 0 Å². The predicted octanol–water partition coefficient (Wildman–Crippen LogP) is 4.32. The zero-order valence-electron chi connectivity index (χ0n) is 11.2. The Morgan fingerprint density at radius 3 is 2.52 bits per heavy atom. The number of thiocarbonyl (C=S) groups is 1. The van der Waals surface area contributed by atoms with E-state index < -0.39 is 0 Å². The quantitative estimate of drug-likeness (QED) is 0.777. The van der Waals surface area contributed by atoms with Gasteiger partial charge in [0.15, 0.2) is 11.5 Å². The van der Waals surface area contributed by atoms with Crippen molar-refractivity contribution >= 4 is 44.7 Å². The molecule has 0 fully saturated rings. The van der Waals surface area contributed by atoms with Gasteiger partial charge in [-0.15, -0.1) is 0 Å². The van der Waals surface area contributed by atoms with Crippen molar-refractivity contribution in [2.75, 3.05) is 7.11 Å². The number of halogens is 2. The molecular formula is C15H13BrClNO2S. The largest absolute Gasteiger partial charge is 0.493 e. The van der Waals surface area contributed by atoms with E-state index in [1.807, 2.05) is 24.3 Å². The van der Waals surface area contributed by atoms with Crippen molar-refractivity contribution in [2.45, 2.75) is 6.61 Å². The molecule has 0 spiro atoms. The highest BCUT2D eigenvalue weighted by Gasteiger charge is 2.13. The SMILES string of the molecule is COc1cc(C(N)=S)cc(Cl)c1OCc1ccc(Br)cc1. The second-order valence-electron chi connectivity index (χ2n) is 4.27. The maximum Gasteiger partial charge on any atom is 0.180 e. The van der Waals surface area contributed by atoms with Gasteiger partial charge in [0.1, 0.15) is 11.6 Å². The van der Waals surface area contributed by atoms with Crippen LogP contribution >= 0.6 is 39.7 Å². The summed E-state index contributed by atoms with van der Waals surface area (Å²) in [6.07, 6.45) is 0. The van der Waals surface area contributed by atoms with Crippen LogP contribution in [-0.2, 0) is 6.61 Å². The van der Waals surface area contributed by atoms with Crippen molar-refractivity contribution in [1.82, 2.24) is 0 Å². The molecule has 0 saturated heterocycles. The molecule has 0 heterocycles. The van der Waals surface area contributed by atoms with Crippen molar-refractivity contribution in [3.8, 4) is 11.5 Å². The first kappa shape index (κ1) is 16.1. The van der Waals surface area contributed by atoms with Gasteiger partial charge in [-0.25, -0.2) is 0 Å². The van der Waals surface area contributed by atoms with E-state index in [4.69, 9.17) is 39.0 Å². The zero-order valence-corrected chi connectivity index (χ0v) is 14.4. The number of rotatable bonds is 5. The Morgan fingerprint density at radius 2 is 1.95 bits per heavy atom. The maximum atomic E-state index is 6.22. The predicted molar refractivity (Wildman–Crippen MR) is 92.4 cm³/mol. The molecule has 6 heteroatoms. The Kier molecular flexibility index (Phi) is 5.45. The van der Waals surface area contributed by atoms with Gasteiger partial charge in [-0.3, -0.25) is 0 Å².